The number of aromatic nitrogens is 1. The first-order chi connectivity index (χ1) is 14.2. The van der Waals surface area contributed by atoms with Crippen LogP contribution in [0.1, 0.15) is 39.3 Å². The number of aryl methyl sites for hydroxylation is 1. The Hall–Kier alpha value is -3.40. The molecular weight excluding hydrogens is 360 g/mol. The number of allylic oxidation sites excluding steroid dienone is 1. The number of benzene rings is 2. The third kappa shape index (κ3) is 2.83. The molecule has 0 radical (unpaired) electrons. The molecule has 144 valence electrons. The minimum atomic E-state index is -0.0121. The van der Waals surface area contributed by atoms with Crippen LogP contribution in [0.5, 0.6) is 5.75 Å². The van der Waals surface area contributed by atoms with Gasteiger partial charge in [-0.05, 0) is 48.1 Å². The molecule has 0 amide bonds. The molecule has 2 N–H and O–H groups in total. The number of fused-ring (bicyclic) bond motifs is 2. The molecule has 1 aromatic heterocycles. The number of hydrogen-bond acceptors (Lipinski definition) is 4. The summed E-state index contributed by atoms with van der Waals surface area (Å²) in [6, 6.07) is 17.4. The molecular formula is C25H22N2O2. The van der Waals surface area contributed by atoms with Gasteiger partial charge in [0.2, 0.25) is 0 Å². The van der Waals surface area contributed by atoms with E-state index >= 15 is 0 Å². The Balaban J connectivity index is 1.68. The highest BCUT2D eigenvalue weighted by Crippen LogP contribution is 2.43. The van der Waals surface area contributed by atoms with Gasteiger partial charge < -0.3 is 10.5 Å². The van der Waals surface area contributed by atoms with E-state index in [4.69, 9.17) is 15.5 Å². The standard InChI is InChI=1S/C25H22N2O2/c1-29-17-12-10-15(11-13-17)22-18-8-5-9-20(18)27-21-14-19(24(26)23(21)22)25(28)16-6-3-2-4-7-16/h2-4,6-7,10-13H,5,8-9,14,26H2,1H3. The molecule has 0 bridgehead atoms. The van der Waals surface area contributed by atoms with Gasteiger partial charge >= 0.3 is 0 Å². The van der Waals surface area contributed by atoms with E-state index in [-0.39, 0.29) is 5.78 Å². The highest BCUT2D eigenvalue weighted by atomic mass is 16.5. The molecule has 3 aromatic rings. The number of pyridine rings is 1. The molecule has 2 aromatic carbocycles. The highest BCUT2D eigenvalue weighted by Gasteiger charge is 2.32. The molecule has 0 unspecified atom stereocenters. The van der Waals surface area contributed by atoms with Crippen LogP contribution in [0.2, 0.25) is 0 Å². The number of carbonyl (C=O) groups is 1. The first-order valence-corrected chi connectivity index (χ1v) is 9.95. The average molecular weight is 382 g/mol. The summed E-state index contributed by atoms with van der Waals surface area (Å²) in [7, 11) is 1.67. The summed E-state index contributed by atoms with van der Waals surface area (Å²) in [5.41, 5.74) is 15.0. The molecule has 0 aliphatic heterocycles. The number of rotatable bonds is 4. The number of Topliss-reactive ketones (excluding diaryl/α,β-unsaturated/α-hetero) is 1. The molecule has 0 atom stereocenters. The molecule has 0 fully saturated rings. The van der Waals surface area contributed by atoms with Crippen LogP contribution in [-0.4, -0.2) is 17.9 Å². The van der Waals surface area contributed by atoms with Crippen molar-refractivity contribution in [2.24, 2.45) is 5.73 Å². The number of methoxy groups -OCH3 is 1. The van der Waals surface area contributed by atoms with E-state index in [1.807, 2.05) is 42.5 Å². The van der Waals surface area contributed by atoms with Gasteiger partial charge in [-0.1, -0.05) is 42.5 Å². The van der Waals surface area contributed by atoms with Gasteiger partial charge in [-0.2, -0.15) is 0 Å². The second kappa shape index (κ2) is 6.89. The summed E-state index contributed by atoms with van der Waals surface area (Å²) in [5.74, 6) is 0.807. The van der Waals surface area contributed by atoms with E-state index in [1.165, 1.54) is 5.56 Å². The van der Waals surface area contributed by atoms with Gasteiger partial charge in [0.25, 0.3) is 0 Å². The van der Waals surface area contributed by atoms with Gasteiger partial charge in [-0.3, -0.25) is 9.78 Å². The van der Waals surface area contributed by atoms with Gasteiger partial charge in [-0.25, -0.2) is 0 Å². The number of ether oxygens (including phenoxy) is 1. The third-order valence-corrected chi connectivity index (χ3v) is 5.93. The summed E-state index contributed by atoms with van der Waals surface area (Å²) < 4.78 is 5.32. The summed E-state index contributed by atoms with van der Waals surface area (Å²) >= 11 is 0. The van der Waals surface area contributed by atoms with Crippen molar-refractivity contribution in [3.8, 4) is 16.9 Å². The Labute approximate surface area is 170 Å². The van der Waals surface area contributed by atoms with Crippen LogP contribution in [0.3, 0.4) is 0 Å². The normalized spacial score (nSPS) is 14.7. The zero-order valence-corrected chi connectivity index (χ0v) is 16.4. The van der Waals surface area contributed by atoms with Crippen molar-refractivity contribution in [1.82, 2.24) is 4.98 Å². The Kier molecular flexibility index (Phi) is 4.20. The van der Waals surface area contributed by atoms with Crippen molar-refractivity contribution in [3.63, 3.8) is 0 Å². The number of ketones is 1. The summed E-state index contributed by atoms with van der Waals surface area (Å²) in [4.78, 5) is 18.1. The van der Waals surface area contributed by atoms with Gasteiger partial charge in [-0.15, -0.1) is 0 Å². The van der Waals surface area contributed by atoms with E-state index in [2.05, 4.69) is 12.1 Å². The lowest BCUT2D eigenvalue weighted by Gasteiger charge is -2.16. The van der Waals surface area contributed by atoms with E-state index < -0.39 is 0 Å². The molecule has 0 spiro atoms. The van der Waals surface area contributed by atoms with Crippen molar-refractivity contribution < 1.29 is 9.53 Å². The second-order valence-electron chi connectivity index (χ2n) is 7.58. The van der Waals surface area contributed by atoms with Crippen molar-refractivity contribution in [2.75, 3.05) is 7.11 Å². The van der Waals surface area contributed by atoms with Crippen LogP contribution in [0.25, 0.3) is 16.8 Å². The average Bonchev–Trinajstić information content (AvgIpc) is 3.37. The molecule has 2 aliphatic rings. The van der Waals surface area contributed by atoms with Gasteiger partial charge in [0, 0.05) is 34.5 Å². The van der Waals surface area contributed by atoms with Crippen molar-refractivity contribution in [1.29, 1.82) is 0 Å². The molecule has 29 heavy (non-hydrogen) atoms. The highest BCUT2D eigenvalue weighted by molar-refractivity contribution is 6.15. The minimum absolute atomic E-state index is 0.0121. The molecule has 0 saturated carbocycles. The maximum Gasteiger partial charge on any atom is 0.191 e. The van der Waals surface area contributed by atoms with E-state index in [1.54, 1.807) is 7.11 Å². The maximum absolute atomic E-state index is 13.1. The predicted octanol–water partition coefficient (Wildman–Crippen LogP) is 4.35. The zero-order chi connectivity index (χ0) is 20.0. The minimum Gasteiger partial charge on any atom is -0.497 e. The largest absolute Gasteiger partial charge is 0.497 e. The van der Waals surface area contributed by atoms with Gasteiger partial charge in [0.1, 0.15) is 5.75 Å². The maximum atomic E-state index is 13.1. The monoisotopic (exact) mass is 382 g/mol. The van der Waals surface area contributed by atoms with Crippen LogP contribution in [0, 0.1) is 0 Å². The number of hydrogen-bond donors (Lipinski definition) is 1. The summed E-state index contributed by atoms with van der Waals surface area (Å²) in [6.45, 7) is 0. The fourth-order valence-electron chi connectivity index (χ4n) is 4.51. The number of carbonyl (C=O) groups excluding carboxylic acids is 1. The van der Waals surface area contributed by atoms with E-state index in [0.717, 1.165) is 53.1 Å². The quantitative estimate of drug-likeness (QED) is 0.681. The van der Waals surface area contributed by atoms with Crippen molar-refractivity contribution in [2.45, 2.75) is 25.7 Å². The Morgan fingerprint density at radius 2 is 1.72 bits per heavy atom. The number of nitrogens with two attached hydrogens (primary N) is 1. The van der Waals surface area contributed by atoms with E-state index in [0.29, 0.717) is 23.3 Å². The van der Waals surface area contributed by atoms with Gasteiger partial charge in [0.05, 0.1) is 12.8 Å². The first kappa shape index (κ1) is 17.7. The smallest absolute Gasteiger partial charge is 0.191 e. The van der Waals surface area contributed by atoms with Crippen LogP contribution < -0.4 is 10.5 Å². The Morgan fingerprint density at radius 3 is 2.45 bits per heavy atom. The second-order valence-corrected chi connectivity index (χ2v) is 7.58. The molecule has 0 saturated heterocycles. The summed E-state index contributed by atoms with van der Waals surface area (Å²) in [6.07, 6.45) is 3.57. The Morgan fingerprint density at radius 1 is 0.966 bits per heavy atom. The lowest BCUT2D eigenvalue weighted by molar-refractivity contribution is 0.103. The van der Waals surface area contributed by atoms with Crippen molar-refractivity contribution in [3.05, 3.63) is 88.2 Å². The zero-order valence-electron chi connectivity index (χ0n) is 16.4. The number of nitrogens with zero attached hydrogens (tertiary/aromatic N) is 1. The van der Waals surface area contributed by atoms with Crippen molar-refractivity contribution >= 4 is 11.5 Å². The van der Waals surface area contributed by atoms with Crippen LogP contribution in [-0.2, 0) is 19.3 Å². The van der Waals surface area contributed by atoms with E-state index in [9.17, 15) is 4.79 Å². The molecule has 1 heterocycles. The predicted molar refractivity (Wildman–Crippen MR) is 114 cm³/mol. The van der Waals surface area contributed by atoms with Crippen LogP contribution in [0.15, 0.2) is 60.2 Å². The molecule has 2 aliphatic carbocycles. The van der Waals surface area contributed by atoms with Crippen LogP contribution in [0.4, 0.5) is 0 Å². The fourth-order valence-corrected chi connectivity index (χ4v) is 4.51. The lowest BCUT2D eigenvalue weighted by Crippen LogP contribution is -2.08. The fraction of sp³-hybridized carbons (Fsp3) is 0.200. The first-order valence-electron chi connectivity index (χ1n) is 9.95. The Bertz CT molecular complexity index is 1150. The lowest BCUT2D eigenvalue weighted by atomic mass is 9.92. The summed E-state index contributed by atoms with van der Waals surface area (Å²) in [5, 5.41) is 0. The molecule has 4 nitrogen and oxygen atoms in total. The van der Waals surface area contributed by atoms with Crippen LogP contribution >= 0.6 is 0 Å². The molecule has 5 rings (SSSR count). The molecule has 4 heteroatoms. The SMILES string of the molecule is COc1ccc(-c2c3c(nc4c2C(N)=C(C(=O)c2ccccc2)C4)CCC3)cc1. The van der Waals surface area contributed by atoms with Gasteiger partial charge in [0.15, 0.2) is 5.78 Å². The topological polar surface area (TPSA) is 65.2 Å². The third-order valence-electron chi connectivity index (χ3n) is 5.93.